The summed E-state index contributed by atoms with van der Waals surface area (Å²) in [5, 5.41) is 3.14. The molecule has 4 nitrogen and oxygen atoms in total. The average Bonchev–Trinajstić information content (AvgIpc) is 3.54. The third kappa shape index (κ3) is 3.51. The van der Waals surface area contributed by atoms with Gasteiger partial charge < -0.3 is 10.2 Å². The number of piperidine rings is 1. The smallest absolute Gasteiger partial charge is 0.308 e. The first-order chi connectivity index (χ1) is 14.4. The Bertz CT molecular complexity index is 937. The molecular formula is C26H33N3O. The summed E-state index contributed by atoms with van der Waals surface area (Å²) in [5.74, 6) is 0.491. The third-order valence-electron chi connectivity index (χ3n) is 7.37. The number of hydrogen-bond donors (Lipinski definition) is 1. The molecule has 2 aliphatic heterocycles. The summed E-state index contributed by atoms with van der Waals surface area (Å²) in [6.45, 7) is 9.64. The lowest BCUT2D eigenvalue weighted by molar-refractivity contribution is 0.159. The van der Waals surface area contributed by atoms with Gasteiger partial charge in [-0.3, -0.25) is 4.90 Å². The highest BCUT2D eigenvalue weighted by Gasteiger charge is 2.47. The Morgan fingerprint density at radius 2 is 1.77 bits per heavy atom. The lowest BCUT2D eigenvalue weighted by Crippen LogP contribution is -2.47. The van der Waals surface area contributed by atoms with E-state index in [0.717, 1.165) is 49.9 Å². The number of urea groups is 1. The zero-order valence-electron chi connectivity index (χ0n) is 18.4. The molecule has 2 aromatic carbocycles. The number of amides is 2. The predicted octanol–water partition coefficient (Wildman–Crippen LogP) is 5.67. The summed E-state index contributed by atoms with van der Waals surface area (Å²) in [6.07, 6.45) is 5.03. The molecule has 0 bridgehead atoms. The van der Waals surface area contributed by atoms with Gasteiger partial charge in [-0.25, -0.2) is 4.79 Å². The van der Waals surface area contributed by atoms with Gasteiger partial charge in [0.2, 0.25) is 0 Å². The summed E-state index contributed by atoms with van der Waals surface area (Å²) in [4.78, 5) is 17.9. The van der Waals surface area contributed by atoms with Crippen LogP contribution in [0.3, 0.4) is 0 Å². The van der Waals surface area contributed by atoms with E-state index in [9.17, 15) is 4.79 Å². The first kappa shape index (κ1) is 19.6. The molecule has 0 unspecified atom stereocenters. The number of fused-ring (bicyclic) bond motifs is 2. The normalized spacial score (nSPS) is 20.6. The van der Waals surface area contributed by atoms with Gasteiger partial charge in [-0.1, -0.05) is 43.7 Å². The van der Waals surface area contributed by atoms with E-state index < -0.39 is 0 Å². The van der Waals surface area contributed by atoms with Gasteiger partial charge in [-0.15, -0.1) is 0 Å². The number of carbonyl (C=O) groups excluding carboxylic acids is 1. The molecule has 4 heteroatoms. The monoisotopic (exact) mass is 403 g/mol. The van der Waals surface area contributed by atoms with Crippen molar-refractivity contribution in [1.82, 2.24) is 4.90 Å². The molecule has 1 saturated carbocycles. The van der Waals surface area contributed by atoms with Crippen molar-refractivity contribution in [3.63, 3.8) is 0 Å². The highest BCUT2D eigenvalue weighted by atomic mass is 16.2. The number of benzene rings is 2. The second-order valence-corrected chi connectivity index (χ2v) is 9.86. The Kier molecular flexibility index (Phi) is 4.85. The van der Waals surface area contributed by atoms with E-state index in [1.807, 2.05) is 17.0 Å². The maximum Gasteiger partial charge on any atom is 0.326 e. The molecule has 158 valence electrons. The predicted molar refractivity (Wildman–Crippen MR) is 124 cm³/mol. The molecule has 2 amide bonds. The molecule has 0 aromatic heterocycles. The standard InChI is InChI=1S/C26H33N3O/c1-18(2)20-5-7-21(8-6-20)27-25(30)29-17-26(23-16-19(3)4-11-24(23)29)12-14-28(15-13-26)22-9-10-22/h4-8,11,16,18,22H,9-10,12-15,17H2,1-3H3,(H,27,30). The Morgan fingerprint density at radius 3 is 2.40 bits per heavy atom. The van der Waals surface area contributed by atoms with E-state index in [-0.39, 0.29) is 11.4 Å². The minimum absolute atomic E-state index is 0.0149. The molecule has 5 rings (SSSR count). The number of aryl methyl sites for hydroxylation is 1. The Morgan fingerprint density at radius 1 is 1.07 bits per heavy atom. The Labute approximate surface area is 180 Å². The van der Waals surface area contributed by atoms with Crippen molar-refractivity contribution in [3.8, 4) is 0 Å². The van der Waals surface area contributed by atoms with Crippen LogP contribution in [0.25, 0.3) is 0 Å². The maximum atomic E-state index is 13.3. The highest BCUT2D eigenvalue weighted by Crippen LogP contribution is 2.48. The number of nitrogens with zero attached hydrogens (tertiary/aromatic N) is 2. The van der Waals surface area contributed by atoms with E-state index in [1.54, 1.807) is 0 Å². The number of nitrogens with one attached hydrogen (secondary N) is 1. The van der Waals surface area contributed by atoms with Crippen LogP contribution in [0.1, 0.15) is 62.1 Å². The molecule has 30 heavy (non-hydrogen) atoms. The molecule has 0 atom stereocenters. The molecular weight excluding hydrogens is 370 g/mol. The quantitative estimate of drug-likeness (QED) is 0.717. The van der Waals surface area contributed by atoms with Gasteiger partial charge in [0.25, 0.3) is 0 Å². The van der Waals surface area contributed by atoms with Crippen LogP contribution in [-0.2, 0) is 5.41 Å². The third-order valence-corrected chi connectivity index (χ3v) is 7.37. The van der Waals surface area contributed by atoms with Crippen LogP contribution in [0.4, 0.5) is 16.2 Å². The van der Waals surface area contributed by atoms with Gasteiger partial charge in [-0.05, 0) is 80.9 Å². The largest absolute Gasteiger partial charge is 0.326 e. The number of carbonyl (C=O) groups is 1. The molecule has 1 N–H and O–H groups in total. The minimum atomic E-state index is -0.0149. The van der Waals surface area contributed by atoms with Crippen molar-refractivity contribution in [1.29, 1.82) is 0 Å². The van der Waals surface area contributed by atoms with Gasteiger partial charge in [0.05, 0.1) is 0 Å². The number of rotatable bonds is 3. The lowest BCUT2D eigenvalue weighted by Gasteiger charge is -2.40. The van der Waals surface area contributed by atoms with Gasteiger partial charge in [0.15, 0.2) is 0 Å². The second kappa shape index (κ2) is 7.42. The van der Waals surface area contributed by atoms with E-state index in [2.05, 4.69) is 61.3 Å². The number of hydrogen-bond acceptors (Lipinski definition) is 2. The maximum absolute atomic E-state index is 13.3. The molecule has 1 spiro atoms. The van der Waals surface area contributed by atoms with E-state index in [4.69, 9.17) is 0 Å². The van der Waals surface area contributed by atoms with Gasteiger partial charge in [0.1, 0.15) is 0 Å². The molecule has 3 aliphatic rings. The van der Waals surface area contributed by atoms with Crippen LogP contribution in [0.5, 0.6) is 0 Å². The molecule has 1 aliphatic carbocycles. The second-order valence-electron chi connectivity index (χ2n) is 9.86. The summed E-state index contributed by atoms with van der Waals surface area (Å²) in [5.41, 5.74) is 6.01. The first-order valence-corrected chi connectivity index (χ1v) is 11.5. The summed E-state index contributed by atoms with van der Waals surface area (Å²) < 4.78 is 0. The number of anilines is 2. The Balaban J connectivity index is 1.37. The fourth-order valence-corrected chi connectivity index (χ4v) is 5.29. The van der Waals surface area contributed by atoms with Crippen LogP contribution >= 0.6 is 0 Å². The van der Waals surface area contributed by atoms with Gasteiger partial charge in [0, 0.05) is 29.4 Å². The van der Waals surface area contributed by atoms with Gasteiger partial charge in [-0.2, -0.15) is 0 Å². The van der Waals surface area contributed by atoms with Crippen LogP contribution < -0.4 is 10.2 Å². The van der Waals surface area contributed by atoms with Crippen molar-refractivity contribution < 1.29 is 4.79 Å². The molecule has 1 saturated heterocycles. The fraction of sp³-hybridized carbons (Fsp3) is 0.500. The molecule has 2 fully saturated rings. The summed E-state index contributed by atoms with van der Waals surface area (Å²) in [7, 11) is 0. The molecule has 0 radical (unpaired) electrons. The van der Waals surface area contributed by atoms with Crippen molar-refractivity contribution in [2.45, 2.75) is 63.8 Å². The van der Waals surface area contributed by atoms with Crippen LogP contribution in [0, 0.1) is 6.92 Å². The highest BCUT2D eigenvalue weighted by molar-refractivity contribution is 6.03. The fourth-order valence-electron chi connectivity index (χ4n) is 5.29. The van der Waals surface area contributed by atoms with Crippen molar-refractivity contribution in [3.05, 3.63) is 59.2 Å². The van der Waals surface area contributed by atoms with Gasteiger partial charge >= 0.3 is 6.03 Å². The number of likely N-dealkylation sites (tertiary alicyclic amines) is 1. The average molecular weight is 404 g/mol. The van der Waals surface area contributed by atoms with E-state index in [0.29, 0.717) is 5.92 Å². The minimum Gasteiger partial charge on any atom is -0.308 e. The topological polar surface area (TPSA) is 35.6 Å². The van der Waals surface area contributed by atoms with Crippen molar-refractivity contribution in [2.75, 3.05) is 29.9 Å². The SMILES string of the molecule is Cc1ccc2c(c1)C1(CCN(C3CC3)CC1)CN2C(=O)Nc1ccc(C(C)C)cc1. The lowest BCUT2D eigenvalue weighted by atomic mass is 9.74. The van der Waals surface area contributed by atoms with Crippen LogP contribution in [0.2, 0.25) is 0 Å². The zero-order valence-corrected chi connectivity index (χ0v) is 18.4. The molecule has 2 heterocycles. The zero-order chi connectivity index (χ0) is 20.9. The summed E-state index contributed by atoms with van der Waals surface area (Å²) >= 11 is 0. The van der Waals surface area contributed by atoms with E-state index in [1.165, 1.54) is 29.5 Å². The first-order valence-electron chi connectivity index (χ1n) is 11.5. The van der Waals surface area contributed by atoms with Crippen LogP contribution in [-0.4, -0.2) is 36.6 Å². The van der Waals surface area contributed by atoms with Crippen molar-refractivity contribution in [2.24, 2.45) is 0 Å². The Hall–Kier alpha value is -2.33. The summed E-state index contributed by atoms with van der Waals surface area (Å²) in [6, 6.07) is 15.7. The van der Waals surface area contributed by atoms with Crippen LogP contribution in [0.15, 0.2) is 42.5 Å². The van der Waals surface area contributed by atoms with Crippen molar-refractivity contribution >= 4 is 17.4 Å². The molecule has 2 aromatic rings. The van der Waals surface area contributed by atoms with E-state index >= 15 is 0 Å².